The van der Waals surface area contributed by atoms with Crippen molar-refractivity contribution in [3.8, 4) is 0 Å². The van der Waals surface area contributed by atoms with Crippen LogP contribution in [0.15, 0.2) is 29.2 Å². The SMILES string of the molecule is CN1CCc2c(sc(NC(=O)c3ccc(S(=O)(=O)N(C)C)cc3)c2C(=O)N2CCCC2)C1. The van der Waals surface area contributed by atoms with Gasteiger partial charge in [-0.2, -0.15) is 0 Å². The van der Waals surface area contributed by atoms with Crippen LogP contribution in [0.2, 0.25) is 0 Å². The third kappa shape index (κ3) is 4.32. The Balaban J connectivity index is 1.62. The molecule has 1 fully saturated rings. The molecule has 4 rings (SSSR count). The average Bonchev–Trinajstić information content (AvgIpc) is 3.41. The fourth-order valence-corrected chi connectivity index (χ4v) is 6.30. The van der Waals surface area contributed by atoms with Gasteiger partial charge in [-0.25, -0.2) is 12.7 Å². The predicted octanol–water partition coefficient (Wildman–Crippen LogP) is 2.47. The van der Waals surface area contributed by atoms with Gasteiger partial charge in [-0.15, -0.1) is 11.3 Å². The summed E-state index contributed by atoms with van der Waals surface area (Å²) in [7, 11) is 1.41. The van der Waals surface area contributed by atoms with Gasteiger partial charge in [0.2, 0.25) is 10.0 Å². The quantitative estimate of drug-likeness (QED) is 0.716. The van der Waals surface area contributed by atoms with Gasteiger partial charge < -0.3 is 15.1 Å². The Kier molecular flexibility index (Phi) is 6.39. The van der Waals surface area contributed by atoms with E-state index in [2.05, 4.69) is 10.2 Å². The van der Waals surface area contributed by atoms with Crippen molar-refractivity contribution in [2.75, 3.05) is 46.1 Å². The van der Waals surface area contributed by atoms with Crippen LogP contribution in [0.3, 0.4) is 0 Å². The highest BCUT2D eigenvalue weighted by molar-refractivity contribution is 7.89. The first-order valence-electron chi connectivity index (χ1n) is 10.6. The van der Waals surface area contributed by atoms with Crippen molar-refractivity contribution in [3.63, 3.8) is 0 Å². The van der Waals surface area contributed by atoms with E-state index in [4.69, 9.17) is 0 Å². The lowest BCUT2D eigenvalue weighted by molar-refractivity contribution is 0.0792. The number of rotatable bonds is 5. The summed E-state index contributed by atoms with van der Waals surface area (Å²) in [5.74, 6) is -0.367. The highest BCUT2D eigenvalue weighted by Gasteiger charge is 2.31. The van der Waals surface area contributed by atoms with E-state index in [0.29, 0.717) is 16.1 Å². The zero-order valence-electron chi connectivity index (χ0n) is 18.6. The van der Waals surface area contributed by atoms with Crippen LogP contribution in [0.4, 0.5) is 5.00 Å². The lowest BCUT2D eigenvalue weighted by Gasteiger charge is -2.23. The summed E-state index contributed by atoms with van der Waals surface area (Å²) < 4.78 is 25.7. The topological polar surface area (TPSA) is 90.0 Å². The molecular formula is C22H28N4O4S2. The van der Waals surface area contributed by atoms with Crippen LogP contribution < -0.4 is 5.32 Å². The molecule has 2 aromatic rings. The molecule has 32 heavy (non-hydrogen) atoms. The fraction of sp³-hybridized carbons (Fsp3) is 0.455. The largest absolute Gasteiger partial charge is 0.339 e. The molecule has 0 unspecified atom stereocenters. The molecule has 0 bridgehead atoms. The van der Waals surface area contributed by atoms with Crippen molar-refractivity contribution in [2.45, 2.75) is 30.7 Å². The molecule has 10 heteroatoms. The van der Waals surface area contributed by atoms with E-state index < -0.39 is 10.0 Å². The van der Waals surface area contributed by atoms with Crippen molar-refractivity contribution in [3.05, 3.63) is 45.8 Å². The highest BCUT2D eigenvalue weighted by atomic mass is 32.2. The van der Waals surface area contributed by atoms with Crippen LogP contribution in [0.5, 0.6) is 0 Å². The highest BCUT2D eigenvalue weighted by Crippen LogP contribution is 2.38. The van der Waals surface area contributed by atoms with E-state index in [1.165, 1.54) is 49.7 Å². The first-order chi connectivity index (χ1) is 15.2. The maximum Gasteiger partial charge on any atom is 0.257 e. The molecule has 8 nitrogen and oxygen atoms in total. The maximum atomic E-state index is 13.3. The molecule has 0 spiro atoms. The van der Waals surface area contributed by atoms with E-state index in [1.54, 1.807) is 0 Å². The van der Waals surface area contributed by atoms with E-state index in [1.807, 2.05) is 11.9 Å². The molecule has 1 saturated heterocycles. The predicted molar refractivity (Wildman–Crippen MR) is 125 cm³/mol. The summed E-state index contributed by atoms with van der Waals surface area (Å²) in [4.78, 5) is 31.6. The Morgan fingerprint density at radius 2 is 1.72 bits per heavy atom. The van der Waals surface area contributed by atoms with Gasteiger partial charge in [0.05, 0.1) is 10.5 Å². The third-order valence-corrected chi connectivity index (χ3v) is 8.94. The first kappa shape index (κ1) is 22.9. The molecule has 3 heterocycles. The molecule has 1 aromatic heterocycles. The number of hydrogen-bond acceptors (Lipinski definition) is 6. The maximum absolute atomic E-state index is 13.3. The summed E-state index contributed by atoms with van der Waals surface area (Å²) in [6, 6.07) is 5.84. The first-order valence-corrected chi connectivity index (χ1v) is 12.9. The zero-order valence-corrected chi connectivity index (χ0v) is 20.2. The second-order valence-corrected chi connectivity index (χ2v) is 11.7. The second-order valence-electron chi connectivity index (χ2n) is 8.46. The molecule has 2 aliphatic heterocycles. The van der Waals surface area contributed by atoms with Crippen LogP contribution in [0, 0.1) is 0 Å². The molecule has 2 amide bonds. The van der Waals surface area contributed by atoms with Gasteiger partial charge in [-0.05, 0) is 56.1 Å². The van der Waals surface area contributed by atoms with Crippen molar-refractivity contribution in [2.24, 2.45) is 0 Å². The lowest BCUT2D eigenvalue weighted by Crippen LogP contribution is -2.31. The standard InChI is InChI=1S/C22H28N4O4S2/c1-24(2)32(29,30)16-8-6-15(7-9-16)20(27)23-21-19(22(28)26-11-4-5-12-26)17-10-13-25(3)14-18(17)31-21/h6-9H,4-5,10-14H2,1-3H3,(H,23,27). The molecule has 2 aliphatic rings. The molecular weight excluding hydrogens is 448 g/mol. The van der Waals surface area contributed by atoms with Gasteiger partial charge in [0.15, 0.2) is 0 Å². The summed E-state index contributed by atoms with van der Waals surface area (Å²) in [6.07, 6.45) is 2.79. The number of sulfonamides is 1. The van der Waals surface area contributed by atoms with Crippen molar-refractivity contribution in [1.82, 2.24) is 14.1 Å². The van der Waals surface area contributed by atoms with Crippen molar-refractivity contribution < 1.29 is 18.0 Å². The number of nitrogens with zero attached hydrogens (tertiary/aromatic N) is 3. The summed E-state index contributed by atoms with van der Waals surface area (Å²) in [5.41, 5.74) is 2.01. The lowest BCUT2D eigenvalue weighted by atomic mass is 10.0. The smallest absolute Gasteiger partial charge is 0.257 e. The number of likely N-dealkylation sites (tertiary alicyclic amines) is 1. The average molecular weight is 477 g/mol. The molecule has 0 aliphatic carbocycles. The van der Waals surface area contributed by atoms with Crippen LogP contribution in [0.1, 0.15) is 44.0 Å². The Bertz CT molecular complexity index is 1130. The third-order valence-electron chi connectivity index (χ3n) is 5.98. The minimum absolute atomic E-state index is 0.00715. The van der Waals surface area contributed by atoms with Crippen LogP contribution in [-0.2, 0) is 23.0 Å². The number of fused-ring (bicyclic) bond motifs is 1. The van der Waals surface area contributed by atoms with Crippen molar-refractivity contribution >= 4 is 38.2 Å². The number of anilines is 1. The fourth-order valence-electron chi connectivity index (χ4n) is 4.09. The van der Waals surface area contributed by atoms with Gasteiger partial charge in [0.1, 0.15) is 5.00 Å². The molecule has 1 N–H and O–H groups in total. The molecule has 1 aromatic carbocycles. The molecule has 0 saturated carbocycles. The van der Waals surface area contributed by atoms with Gasteiger partial charge in [0.25, 0.3) is 11.8 Å². The molecule has 172 valence electrons. The number of amides is 2. The van der Waals surface area contributed by atoms with E-state index in [9.17, 15) is 18.0 Å². The molecule has 0 atom stereocenters. The monoisotopic (exact) mass is 476 g/mol. The summed E-state index contributed by atoms with van der Waals surface area (Å²) >= 11 is 1.46. The van der Waals surface area contributed by atoms with Crippen LogP contribution in [-0.4, -0.2) is 75.1 Å². The minimum atomic E-state index is -3.56. The van der Waals surface area contributed by atoms with Crippen LogP contribution in [0.25, 0.3) is 0 Å². The number of carbonyl (C=O) groups excluding carboxylic acids is 2. The Labute approximate surface area is 192 Å². The number of hydrogen-bond donors (Lipinski definition) is 1. The van der Waals surface area contributed by atoms with Crippen LogP contribution >= 0.6 is 11.3 Å². The summed E-state index contributed by atoms with van der Waals surface area (Å²) in [6.45, 7) is 3.13. The van der Waals surface area contributed by atoms with Crippen molar-refractivity contribution in [1.29, 1.82) is 0 Å². The normalized spacial score (nSPS) is 16.9. The van der Waals surface area contributed by atoms with E-state index in [-0.39, 0.29) is 16.7 Å². The molecule has 0 radical (unpaired) electrons. The number of likely N-dealkylation sites (N-methyl/N-ethyl adjacent to an activating group) is 1. The Morgan fingerprint density at radius 3 is 2.34 bits per heavy atom. The Hall–Kier alpha value is -2.27. The van der Waals surface area contributed by atoms with Gasteiger partial charge in [-0.1, -0.05) is 0 Å². The van der Waals surface area contributed by atoms with Gasteiger partial charge >= 0.3 is 0 Å². The zero-order chi connectivity index (χ0) is 23.0. The van der Waals surface area contributed by atoms with Gasteiger partial charge in [-0.3, -0.25) is 9.59 Å². The Morgan fingerprint density at radius 1 is 1.06 bits per heavy atom. The second kappa shape index (κ2) is 8.93. The number of thiophene rings is 1. The minimum Gasteiger partial charge on any atom is -0.339 e. The number of benzene rings is 1. The number of nitrogens with one attached hydrogen (secondary N) is 1. The van der Waals surface area contributed by atoms with E-state index in [0.717, 1.165) is 60.2 Å². The van der Waals surface area contributed by atoms with E-state index >= 15 is 0 Å². The van der Waals surface area contributed by atoms with Gasteiger partial charge in [0, 0.05) is 50.7 Å². The summed E-state index contributed by atoms with van der Waals surface area (Å²) in [5, 5.41) is 3.52. The number of carbonyl (C=O) groups is 2.